The highest BCUT2D eigenvalue weighted by atomic mass is 19.1. The van der Waals surface area contributed by atoms with Crippen LogP contribution in [0.4, 0.5) is 21.5 Å². The quantitative estimate of drug-likeness (QED) is 0.365. The molecule has 5 rings (SSSR count). The molecule has 1 aliphatic carbocycles. The second kappa shape index (κ2) is 9.76. The molecule has 3 N–H and O–H groups in total. The number of halogens is 1. The molecule has 1 aromatic heterocycles. The zero-order valence-corrected chi connectivity index (χ0v) is 19.9. The molecule has 186 valence electrons. The Labute approximate surface area is 210 Å². The van der Waals surface area contributed by atoms with E-state index in [2.05, 4.69) is 22.5 Å². The van der Waals surface area contributed by atoms with Crippen molar-refractivity contribution in [1.29, 1.82) is 0 Å². The lowest BCUT2D eigenvalue weighted by Crippen LogP contribution is -2.39. The van der Waals surface area contributed by atoms with E-state index in [-0.39, 0.29) is 40.6 Å². The van der Waals surface area contributed by atoms with Crippen LogP contribution in [0.1, 0.15) is 24.4 Å². The van der Waals surface area contributed by atoms with Crippen LogP contribution in [0.25, 0.3) is 16.6 Å². The van der Waals surface area contributed by atoms with Crippen molar-refractivity contribution in [3.8, 4) is 17.5 Å². The largest absolute Gasteiger partial charge is 0.386 e. The van der Waals surface area contributed by atoms with Crippen molar-refractivity contribution in [3.63, 3.8) is 0 Å². The third-order valence-electron chi connectivity index (χ3n) is 6.13. The van der Waals surface area contributed by atoms with Crippen LogP contribution in [0.3, 0.4) is 0 Å². The van der Waals surface area contributed by atoms with Gasteiger partial charge in [0.1, 0.15) is 12.4 Å². The van der Waals surface area contributed by atoms with E-state index in [1.807, 2.05) is 6.07 Å². The summed E-state index contributed by atoms with van der Waals surface area (Å²) in [7, 11) is 1.60. The summed E-state index contributed by atoms with van der Waals surface area (Å²) in [5, 5.41) is 14.8. The van der Waals surface area contributed by atoms with Crippen LogP contribution in [0.2, 0.25) is 0 Å². The monoisotopic (exact) mass is 498 g/mol. The Balaban J connectivity index is 1.87. The predicted molar refractivity (Wildman–Crippen MR) is 142 cm³/mol. The number of anilines is 3. The summed E-state index contributed by atoms with van der Waals surface area (Å²) in [5.41, 5.74) is -0.0672. The molecule has 0 saturated heterocycles. The fraction of sp³-hybridized carbons (Fsp3) is 0.179. The standard InChI is InChI=1S/C28H23FN4O4/c1-30-24-16-20(35)15-23(31-22-12-9-17(6-5-13-34)14-21(22)29)25-26(24)32(18-7-3-2-4-8-18)28(37)33(27(25)36)19-10-11-19/h2-4,7-9,12,14-16,19,30-31,34H,10-11,13H2,1H3. The molecule has 1 saturated carbocycles. The molecule has 37 heavy (non-hydrogen) atoms. The lowest BCUT2D eigenvalue weighted by atomic mass is 10.1. The Bertz CT molecular complexity index is 1760. The zero-order valence-electron chi connectivity index (χ0n) is 19.9. The third kappa shape index (κ3) is 4.50. The van der Waals surface area contributed by atoms with Crippen molar-refractivity contribution in [2.24, 2.45) is 0 Å². The van der Waals surface area contributed by atoms with Crippen LogP contribution >= 0.6 is 0 Å². The molecule has 9 heteroatoms. The summed E-state index contributed by atoms with van der Waals surface area (Å²) in [5.74, 6) is 4.43. The molecule has 8 nitrogen and oxygen atoms in total. The molecule has 0 unspecified atom stereocenters. The maximum Gasteiger partial charge on any atom is 0.336 e. The second-order valence-corrected chi connectivity index (χ2v) is 8.63. The molecule has 4 aromatic rings. The van der Waals surface area contributed by atoms with E-state index in [1.165, 1.54) is 33.4 Å². The van der Waals surface area contributed by atoms with Gasteiger partial charge in [-0.15, -0.1) is 0 Å². The molecule has 1 heterocycles. The number of para-hydroxylation sites is 1. The first-order valence-corrected chi connectivity index (χ1v) is 11.7. The topological polar surface area (TPSA) is 105 Å². The van der Waals surface area contributed by atoms with Crippen molar-refractivity contribution < 1.29 is 9.50 Å². The number of aromatic nitrogens is 2. The first-order valence-electron chi connectivity index (χ1n) is 11.7. The maximum absolute atomic E-state index is 15.0. The minimum absolute atomic E-state index is 0.0160. The van der Waals surface area contributed by atoms with Gasteiger partial charge in [0.15, 0.2) is 5.43 Å². The fourth-order valence-electron chi connectivity index (χ4n) is 4.33. The van der Waals surface area contributed by atoms with Crippen molar-refractivity contribution in [1.82, 2.24) is 9.13 Å². The van der Waals surface area contributed by atoms with Gasteiger partial charge in [-0.3, -0.25) is 18.7 Å². The number of aliphatic hydroxyl groups is 1. The summed E-state index contributed by atoms with van der Waals surface area (Å²) in [6.07, 6.45) is 1.38. The Morgan fingerprint density at radius 3 is 2.38 bits per heavy atom. The number of benzene rings is 2. The summed E-state index contributed by atoms with van der Waals surface area (Å²) < 4.78 is 17.6. The van der Waals surface area contributed by atoms with Gasteiger partial charge in [0.2, 0.25) is 0 Å². The van der Waals surface area contributed by atoms with Crippen molar-refractivity contribution in [2.45, 2.75) is 18.9 Å². The van der Waals surface area contributed by atoms with Gasteiger partial charge in [-0.05, 0) is 43.2 Å². The molecule has 0 spiro atoms. The minimum atomic E-state index is -0.662. The second-order valence-electron chi connectivity index (χ2n) is 8.63. The smallest absolute Gasteiger partial charge is 0.336 e. The van der Waals surface area contributed by atoms with Crippen LogP contribution in [-0.2, 0) is 0 Å². The molecule has 1 fully saturated rings. The SMILES string of the molecule is CNc1cc(=O)cc(Nc2ccc(C#CCO)cc2F)c2c(=O)n(C3CC3)c(=O)n(-c3ccccc3)c12. The van der Waals surface area contributed by atoms with E-state index in [0.29, 0.717) is 24.1 Å². The van der Waals surface area contributed by atoms with Gasteiger partial charge in [0.05, 0.1) is 33.7 Å². The average molecular weight is 499 g/mol. The molecule has 0 aliphatic heterocycles. The summed E-state index contributed by atoms with van der Waals surface area (Å²) in [6, 6.07) is 15.3. The van der Waals surface area contributed by atoms with E-state index < -0.39 is 22.5 Å². The summed E-state index contributed by atoms with van der Waals surface area (Å²) in [4.78, 5) is 40.4. The molecular formula is C28H23FN4O4. The highest BCUT2D eigenvalue weighted by Crippen LogP contribution is 2.34. The molecular weight excluding hydrogens is 475 g/mol. The minimum Gasteiger partial charge on any atom is -0.386 e. The van der Waals surface area contributed by atoms with Crippen LogP contribution in [0, 0.1) is 17.7 Å². The first-order chi connectivity index (χ1) is 17.9. The Morgan fingerprint density at radius 2 is 1.73 bits per heavy atom. The van der Waals surface area contributed by atoms with E-state index in [4.69, 9.17) is 5.11 Å². The summed E-state index contributed by atoms with van der Waals surface area (Å²) >= 11 is 0. The van der Waals surface area contributed by atoms with Crippen LogP contribution in [0.15, 0.2) is 75.0 Å². The zero-order chi connectivity index (χ0) is 26.1. The molecule has 0 bridgehead atoms. The van der Waals surface area contributed by atoms with E-state index in [1.54, 1.807) is 37.4 Å². The van der Waals surface area contributed by atoms with Gasteiger partial charge < -0.3 is 15.7 Å². The Hall–Kier alpha value is -4.68. The van der Waals surface area contributed by atoms with E-state index in [9.17, 15) is 14.4 Å². The van der Waals surface area contributed by atoms with Gasteiger partial charge in [0, 0.05) is 30.8 Å². The number of nitrogens with zero attached hydrogens (tertiary/aromatic N) is 2. The van der Waals surface area contributed by atoms with Crippen molar-refractivity contribution >= 4 is 28.0 Å². The first kappa shape index (κ1) is 24.0. The highest BCUT2D eigenvalue weighted by Gasteiger charge is 2.30. The van der Waals surface area contributed by atoms with Gasteiger partial charge in [0.25, 0.3) is 5.56 Å². The van der Waals surface area contributed by atoms with E-state index >= 15 is 4.39 Å². The molecule has 0 radical (unpaired) electrons. The number of fused-ring (bicyclic) bond motifs is 1. The fourth-order valence-corrected chi connectivity index (χ4v) is 4.33. The number of rotatable bonds is 5. The average Bonchev–Trinajstić information content (AvgIpc) is 3.73. The number of aliphatic hydroxyl groups excluding tert-OH is 1. The van der Waals surface area contributed by atoms with Crippen LogP contribution in [-0.4, -0.2) is 27.9 Å². The molecule has 0 amide bonds. The van der Waals surface area contributed by atoms with Gasteiger partial charge in [-0.2, -0.15) is 0 Å². The number of nitrogens with one attached hydrogen (secondary N) is 2. The molecule has 0 atom stereocenters. The highest BCUT2D eigenvalue weighted by molar-refractivity contribution is 5.99. The van der Waals surface area contributed by atoms with Gasteiger partial charge in [-0.25, -0.2) is 9.18 Å². The predicted octanol–water partition coefficient (Wildman–Crippen LogP) is 3.12. The maximum atomic E-state index is 15.0. The lowest BCUT2D eigenvalue weighted by molar-refractivity contribution is 0.350. The van der Waals surface area contributed by atoms with Crippen LogP contribution < -0.4 is 27.3 Å². The van der Waals surface area contributed by atoms with E-state index in [0.717, 1.165) is 0 Å². The summed E-state index contributed by atoms with van der Waals surface area (Å²) in [6.45, 7) is -0.357. The molecule has 1 aliphatic rings. The Kier molecular flexibility index (Phi) is 6.34. The van der Waals surface area contributed by atoms with Crippen molar-refractivity contribution in [3.05, 3.63) is 103 Å². The Morgan fingerprint density at radius 1 is 1.00 bits per heavy atom. The normalized spacial score (nSPS) is 12.6. The number of hydrogen-bond donors (Lipinski definition) is 3. The third-order valence-corrected chi connectivity index (χ3v) is 6.13. The molecule has 3 aromatic carbocycles. The van der Waals surface area contributed by atoms with Gasteiger partial charge in [-0.1, -0.05) is 30.0 Å². The number of hydrogen-bond acceptors (Lipinski definition) is 6. The van der Waals surface area contributed by atoms with Crippen LogP contribution in [0.5, 0.6) is 0 Å². The van der Waals surface area contributed by atoms with Crippen molar-refractivity contribution in [2.75, 3.05) is 24.3 Å². The van der Waals surface area contributed by atoms with Gasteiger partial charge >= 0.3 is 5.69 Å². The lowest BCUT2D eigenvalue weighted by Gasteiger charge is -2.17.